The number of carboxylic acid groups (broad SMARTS) is 1. The van der Waals surface area contributed by atoms with Crippen molar-refractivity contribution in [2.24, 2.45) is 0 Å². The standard InChI is InChI=1S/C15H16O2/c1-9-7-14-12(8-15(16)17)5-4-6-13(14)11(3)10(9)2/h4-7H,8H2,1-3H3,(H,16,17)/p-1. The van der Waals surface area contributed by atoms with Crippen molar-refractivity contribution < 1.29 is 9.90 Å². The van der Waals surface area contributed by atoms with Crippen molar-refractivity contribution >= 4 is 16.7 Å². The van der Waals surface area contributed by atoms with Gasteiger partial charge in [0, 0.05) is 12.4 Å². The third kappa shape index (κ3) is 2.03. The quantitative estimate of drug-likeness (QED) is 0.787. The number of carboxylic acids is 1. The number of carbonyl (C=O) groups excluding carboxylic acids is 1. The largest absolute Gasteiger partial charge is 0.550 e. The molecule has 0 aliphatic rings. The highest BCUT2D eigenvalue weighted by molar-refractivity contribution is 5.92. The monoisotopic (exact) mass is 227 g/mol. The predicted octanol–water partition coefficient (Wildman–Crippen LogP) is 2.06. The second-order valence-electron chi connectivity index (χ2n) is 4.50. The minimum atomic E-state index is -1.03. The summed E-state index contributed by atoms with van der Waals surface area (Å²) in [5.41, 5.74) is 4.51. The number of fused-ring (bicyclic) bond motifs is 1. The van der Waals surface area contributed by atoms with Crippen LogP contribution in [0.15, 0.2) is 24.3 Å². The Morgan fingerprint density at radius 2 is 1.82 bits per heavy atom. The summed E-state index contributed by atoms with van der Waals surface area (Å²) in [6.45, 7) is 6.22. The van der Waals surface area contributed by atoms with Crippen LogP contribution >= 0.6 is 0 Å². The van der Waals surface area contributed by atoms with Crippen LogP contribution in [0.3, 0.4) is 0 Å². The van der Waals surface area contributed by atoms with Gasteiger partial charge < -0.3 is 9.90 Å². The van der Waals surface area contributed by atoms with E-state index in [4.69, 9.17) is 0 Å². The molecule has 2 nitrogen and oxygen atoms in total. The van der Waals surface area contributed by atoms with Crippen molar-refractivity contribution in [3.05, 3.63) is 46.5 Å². The molecule has 2 heteroatoms. The maximum Gasteiger partial charge on any atom is 0.0458 e. The van der Waals surface area contributed by atoms with Crippen LogP contribution in [0.25, 0.3) is 10.8 Å². The summed E-state index contributed by atoms with van der Waals surface area (Å²) in [7, 11) is 0. The van der Waals surface area contributed by atoms with Gasteiger partial charge in [0.2, 0.25) is 0 Å². The second-order valence-corrected chi connectivity index (χ2v) is 4.50. The minimum Gasteiger partial charge on any atom is -0.550 e. The van der Waals surface area contributed by atoms with E-state index in [-0.39, 0.29) is 6.42 Å². The molecule has 0 saturated heterocycles. The molecule has 0 saturated carbocycles. The van der Waals surface area contributed by atoms with Crippen LogP contribution in [0.4, 0.5) is 0 Å². The number of aryl methyl sites for hydroxylation is 2. The fourth-order valence-electron chi connectivity index (χ4n) is 2.24. The van der Waals surface area contributed by atoms with Crippen molar-refractivity contribution in [2.75, 3.05) is 0 Å². The number of rotatable bonds is 2. The molecular formula is C15H15O2-. The van der Waals surface area contributed by atoms with E-state index in [2.05, 4.69) is 26.8 Å². The lowest BCUT2D eigenvalue weighted by Gasteiger charge is -2.13. The summed E-state index contributed by atoms with van der Waals surface area (Å²) >= 11 is 0. The fourth-order valence-corrected chi connectivity index (χ4v) is 2.24. The molecule has 2 aromatic rings. The Balaban J connectivity index is 2.76. The summed E-state index contributed by atoms with van der Waals surface area (Å²) in [6.07, 6.45) is -0.0285. The number of hydrogen-bond acceptors (Lipinski definition) is 2. The third-order valence-electron chi connectivity index (χ3n) is 3.45. The van der Waals surface area contributed by atoms with Gasteiger partial charge >= 0.3 is 0 Å². The van der Waals surface area contributed by atoms with Crippen LogP contribution in [0.1, 0.15) is 22.3 Å². The lowest BCUT2D eigenvalue weighted by Crippen LogP contribution is -2.24. The highest BCUT2D eigenvalue weighted by Gasteiger charge is 2.07. The van der Waals surface area contributed by atoms with E-state index in [1.165, 1.54) is 16.7 Å². The average Bonchev–Trinajstić information content (AvgIpc) is 2.27. The Hall–Kier alpha value is -1.83. The SMILES string of the molecule is Cc1cc2c(CC(=O)[O-])cccc2c(C)c1C. The fraction of sp³-hybridized carbons (Fsp3) is 0.267. The number of aliphatic carboxylic acids is 1. The maximum atomic E-state index is 10.7. The van der Waals surface area contributed by atoms with Crippen LogP contribution in [-0.4, -0.2) is 5.97 Å². The number of hydrogen-bond donors (Lipinski definition) is 0. The molecule has 17 heavy (non-hydrogen) atoms. The van der Waals surface area contributed by atoms with Crippen LogP contribution in [0, 0.1) is 20.8 Å². The predicted molar refractivity (Wildman–Crippen MR) is 66.9 cm³/mol. The van der Waals surface area contributed by atoms with E-state index >= 15 is 0 Å². The highest BCUT2D eigenvalue weighted by atomic mass is 16.4. The lowest BCUT2D eigenvalue weighted by atomic mass is 9.93. The van der Waals surface area contributed by atoms with Crippen molar-refractivity contribution in [3.8, 4) is 0 Å². The van der Waals surface area contributed by atoms with Crippen molar-refractivity contribution in [3.63, 3.8) is 0 Å². The number of benzene rings is 2. The molecule has 2 rings (SSSR count). The Bertz CT molecular complexity index is 597. The van der Waals surface area contributed by atoms with E-state index in [1.54, 1.807) is 0 Å². The zero-order valence-electron chi connectivity index (χ0n) is 10.3. The first-order chi connectivity index (χ1) is 8.00. The van der Waals surface area contributed by atoms with Crippen LogP contribution in [0.2, 0.25) is 0 Å². The molecule has 2 aromatic carbocycles. The molecule has 0 bridgehead atoms. The van der Waals surface area contributed by atoms with E-state index in [0.29, 0.717) is 0 Å². The van der Waals surface area contributed by atoms with E-state index in [9.17, 15) is 9.90 Å². The topological polar surface area (TPSA) is 40.1 Å². The van der Waals surface area contributed by atoms with Crippen LogP contribution in [0.5, 0.6) is 0 Å². The molecule has 0 spiro atoms. The molecule has 0 aromatic heterocycles. The smallest absolute Gasteiger partial charge is 0.0458 e. The molecule has 0 N–H and O–H groups in total. The Labute approximate surface area is 101 Å². The molecule has 0 unspecified atom stereocenters. The van der Waals surface area contributed by atoms with Crippen LogP contribution < -0.4 is 5.11 Å². The van der Waals surface area contributed by atoms with E-state index in [1.807, 2.05) is 18.2 Å². The highest BCUT2D eigenvalue weighted by Crippen LogP contribution is 2.27. The molecule has 0 atom stereocenters. The zero-order chi connectivity index (χ0) is 12.6. The minimum absolute atomic E-state index is 0.0285. The second kappa shape index (κ2) is 4.21. The van der Waals surface area contributed by atoms with Gasteiger partial charge in [-0.3, -0.25) is 0 Å². The zero-order valence-corrected chi connectivity index (χ0v) is 10.3. The summed E-state index contributed by atoms with van der Waals surface area (Å²) in [5.74, 6) is -1.03. The van der Waals surface area contributed by atoms with Gasteiger partial charge in [-0.15, -0.1) is 0 Å². The first-order valence-corrected chi connectivity index (χ1v) is 5.69. The van der Waals surface area contributed by atoms with E-state index < -0.39 is 5.97 Å². The normalized spacial score (nSPS) is 10.8. The Morgan fingerprint density at radius 3 is 2.47 bits per heavy atom. The lowest BCUT2D eigenvalue weighted by molar-refractivity contribution is -0.304. The van der Waals surface area contributed by atoms with Gasteiger partial charge in [0.25, 0.3) is 0 Å². The van der Waals surface area contributed by atoms with Gasteiger partial charge in [0.15, 0.2) is 0 Å². The Morgan fingerprint density at radius 1 is 1.12 bits per heavy atom. The van der Waals surface area contributed by atoms with Crippen molar-refractivity contribution in [1.29, 1.82) is 0 Å². The summed E-state index contributed by atoms with van der Waals surface area (Å²) in [5, 5.41) is 12.9. The molecule has 0 amide bonds. The van der Waals surface area contributed by atoms with Gasteiger partial charge in [-0.2, -0.15) is 0 Å². The molecular weight excluding hydrogens is 212 g/mol. The van der Waals surface area contributed by atoms with Crippen molar-refractivity contribution in [1.82, 2.24) is 0 Å². The molecule has 0 aliphatic heterocycles. The molecule has 0 radical (unpaired) electrons. The third-order valence-corrected chi connectivity index (χ3v) is 3.45. The number of carbonyl (C=O) groups is 1. The Kier molecular flexibility index (Phi) is 2.88. The van der Waals surface area contributed by atoms with Crippen LogP contribution in [-0.2, 0) is 11.2 Å². The molecule has 0 aliphatic carbocycles. The maximum absolute atomic E-state index is 10.7. The first kappa shape index (κ1) is 11.6. The van der Waals surface area contributed by atoms with E-state index in [0.717, 1.165) is 16.3 Å². The molecule has 0 heterocycles. The summed E-state index contributed by atoms with van der Waals surface area (Å²) in [6, 6.07) is 7.86. The average molecular weight is 227 g/mol. The van der Waals surface area contributed by atoms with Gasteiger partial charge in [0.1, 0.15) is 0 Å². The molecule has 88 valence electrons. The first-order valence-electron chi connectivity index (χ1n) is 5.69. The van der Waals surface area contributed by atoms with Gasteiger partial charge in [-0.1, -0.05) is 24.3 Å². The van der Waals surface area contributed by atoms with Gasteiger partial charge in [-0.25, -0.2) is 0 Å². The summed E-state index contributed by atoms with van der Waals surface area (Å²) < 4.78 is 0. The van der Waals surface area contributed by atoms with Crippen molar-refractivity contribution in [2.45, 2.75) is 27.2 Å². The van der Waals surface area contributed by atoms with Gasteiger partial charge in [0.05, 0.1) is 0 Å². The van der Waals surface area contributed by atoms with Gasteiger partial charge in [-0.05, 0) is 53.8 Å². The molecule has 0 fully saturated rings. The summed E-state index contributed by atoms with van der Waals surface area (Å²) in [4.78, 5) is 10.7.